The first kappa shape index (κ1) is 31.2. The highest BCUT2D eigenvalue weighted by molar-refractivity contribution is 5.50. The van der Waals surface area contributed by atoms with Crippen LogP contribution < -0.4 is 19.3 Å². The lowest BCUT2D eigenvalue weighted by atomic mass is 10.1. The van der Waals surface area contributed by atoms with E-state index in [-0.39, 0.29) is 17.9 Å². The second-order valence-electron chi connectivity index (χ2n) is 11.6. The molecule has 46 heavy (non-hydrogen) atoms. The first-order valence-corrected chi connectivity index (χ1v) is 15.2. The van der Waals surface area contributed by atoms with E-state index in [0.29, 0.717) is 26.1 Å². The smallest absolute Gasteiger partial charge is 0.416 e. The summed E-state index contributed by atoms with van der Waals surface area (Å²) in [5, 5.41) is 11.0. The Bertz CT molecular complexity index is 1620. The summed E-state index contributed by atoms with van der Waals surface area (Å²) < 4.78 is 51.9. The van der Waals surface area contributed by atoms with Crippen LogP contribution in [0.25, 0.3) is 0 Å². The highest BCUT2D eigenvalue weighted by Gasteiger charge is 2.30. The van der Waals surface area contributed by atoms with E-state index in [4.69, 9.17) is 9.47 Å². The number of hydrogen-bond acceptors (Lipinski definition) is 8. The summed E-state index contributed by atoms with van der Waals surface area (Å²) in [7, 11) is 1.93. The molecule has 1 fully saturated rings. The molecule has 2 aliphatic heterocycles. The van der Waals surface area contributed by atoms with Gasteiger partial charge in [0.15, 0.2) is 0 Å². The number of hydrogen-bond donors (Lipinski definition) is 0. The number of aryl methyl sites for hydroxylation is 1. The van der Waals surface area contributed by atoms with Gasteiger partial charge in [0.25, 0.3) is 0 Å². The van der Waals surface area contributed by atoms with Crippen LogP contribution in [0.1, 0.15) is 23.1 Å². The van der Waals surface area contributed by atoms with Gasteiger partial charge in [-0.05, 0) is 64.6 Å². The molecule has 242 valence electrons. The zero-order chi connectivity index (χ0) is 32.3. The number of halogens is 3. The minimum Gasteiger partial charge on any atom is -0.490 e. The van der Waals surface area contributed by atoms with Gasteiger partial charge in [-0.25, -0.2) is 0 Å². The third kappa shape index (κ3) is 7.53. The second kappa shape index (κ2) is 13.3. The Kier molecular flexibility index (Phi) is 9.02. The Hall–Kier alpha value is -4.78. The molecule has 0 bridgehead atoms. The highest BCUT2D eigenvalue weighted by Crippen LogP contribution is 2.30. The van der Waals surface area contributed by atoms with Crippen molar-refractivity contribution in [2.75, 3.05) is 49.6 Å². The molecule has 2 aliphatic rings. The van der Waals surface area contributed by atoms with Crippen molar-refractivity contribution in [2.45, 2.75) is 38.3 Å². The van der Waals surface area contributed by atoms with Gasteiger partial charge in [0.2, 0.25) is 0 Å². The van der Waals surface area contributed by atoms with Crippen LogP contribution in [0, 0.1) is 10.1 Å². The molecule has 0 radical (unpaired) electrons. The molecule has 1 atom stereocenters. The molecule has 1 unspecified atom stereocenters. The van der Waals surface area contributed by atoms with Crippen molar-refractivity contribution in [2.24, 2.45) is 0 Å². The molecule has 1 aromatic heterocycles. The van der Waals surface area contributed by atoms with Crippen LogP contribution in [0.15, 0.2) is 79.0 Å². The number of aromatic nitrogens is 2. The van der Waals surface area contributed by atoms with Crippen LogP contribution in [0.3, 0.4) is 0 Å². The van der Waals surface area contributed by atoms with Crippen molar-refractivity contribution in [1.29, 1.82) is 0 Å². The van der Waals surface area contributed by atoms with Crippen molar-refractivity contribution >= 4 is 17.2 Å². The Morgan fingerprint density at radius 1 is 0.957 bits per heavy atom. The lowest BCUT2D eigenvalue weighted by molar-refractivity contribution is -0.389. The van der Waals surface area contributed by atoms with Gasteiger partial charge in [-0.3, -0.25) is 9.47 Å². The highest BCUT2D eigenvalue weighted by atomic mass is 19.4. The number of piperazine rings is 1. The molecule has 4 aromatic rings. The molecule has 13 heteroatoms. The van der Waals surface area contributed by atoms with Crippen molar-refractivity contribution in [3.63, 3.8) is 0 Å². The summed E-state index contributed by atoms with van der Waals surface area (Å²) in [6.07, 6.45) is -2.49. The fraction of sp³-hybridized carbons (Fsp3) is 0.364. The zero-order valence-electron chi connectivity index (χ0n) is 25.4. The minimum atomic E-state index is -4.33. The van der Waals surface area contributed by atoms with Crippen LogP contribution >= 0.6 is 0 Å². The van der Waals surface area contributed by atoms with Crippen molar-refractivity contribution in [3.8, 4) is 11.8 Å². The fourth-order valence-corrected chi connectivity index (χ4v) is 5.72. The van der Waals surface area contributed by atoms with E-state index in [1.54, 1.807) is 4.57 Å². The van der Waals surface area contributed by atoms with E-state index in [9.17, 15) is 23.3 Å². The molecule has 3 heterocycles. The Morgan fingerprint density at radius 2 is 1.63 bits per heavy atom. The number of rotatable bonds is 10. The van der Waals surface area contributed by atoms with Crippen molar-refractivity contribution in [3.05, 3.63) is 106 Å². The van der Waals surface area contributed by atoms with Crippen LogP contribution in [0.5, 0.6) is 11.8 Å². The van der Waals surface area contributed by atoms with E-state index in [2.05, 4.69) is 51.2 Å². The molecule has 1 saturated heterocycles. The Labute approximate surface area is 264 Å². The fourth-order valence-electron chi connectivity index (χ4n) is 5.72. The number of nitrogens with zero attached hydrogens (tertiary/aromatic N) is 6. The maximum absolute atomic E-state index is 12.8. The van der Waals surface area contributed by atoms with Crippen LogP contribution in [-0.2, 0) is 25.8 Å². The van der Waals surface area contributed by atoms with E-state index in [1.165, 1.54) is 23.9 Å². The molecule has 0 saturated carbocycles. The average molecular weight is 637 g/mol. The minimum absolute atomic E-state index is 0.218. The first-order valence-electron chi connectivity index (χ1n) is 15.2. The number of alkyl halides is 3. The summed E-state index contributed by atoms with van der Waals surface area (Å²) >= 11 is 0. The maximum atomic E-state index is 12.8. The number of fused-ring (bicyclic) bond motifs is 1. The van der Waals surface area contributed by atoms with E-state index < -0.39 is 16.7 Å². The monoisotopic (exact) mass is 636 g/mol. The summed E-state index contributed by atoms with van der Waals surface area (Å²) in [4.78, 5) is 21.2. The summed E-state index contributed by atoms with van der Waals surface area (Å²) in [5.41, 5.74) is 3.54. The average Bonchev–Trinajstić information content (AvgIpc) is 3.49. The van der Waals surface area contributed by atoms with Crippen molar-refractivity contribution < 1.29 is 27.6 Å². The lowest BCUT2D eigenvalue weighted by Gasteiger charge is -2.36. The second-order valence-corrected chi connectivity index (χ2v) is 11.6. The Balaban J connectivity index is 0.929. The zero-order valence-corrected chi connectivity index (χ0v) is 25.4. The van der Waals surface area contributed by atoms with Gasteiger partial charge < -0.3 is 29.4 Å². The SMILES string of the molecule is CN(Cc1ccc(C(F)(F)F)cc1)c1ccc(CN2CCN(c3ccc(OCC4CCn5cc([N+](=O)[O-])nc5O4)cc3)CC2)cc1. The quantitative estimate of drug-likeness (QED) is 0.155. The predicted molar refractivity (Wildman–Crippen MR) is 167 cm³/mol. The number of anilines is 2. The molecule has 0 N–H and O–H groups in total. The summed E-state index contributed by atoms with van der Waals surface area (Å²) in [6.45, 7) is 5.96. The first-order chi connectivity index (χ1) is 22.1. The topological polar surface area (TPSA) is 89.1 Å². The number of benzene rings is 3. The van der Waals surface area contributed by atoms with E-state index in [0.717, 1.165) is 67.5 Å². The number of nitro groups is 1. The van der Waals surface area contributed by atoms with E-state index >= 15 is 0 Å². The van der Waals surface area contributed by atoms with Crippen LogP contribution in [0.2, 0.25) is 0 Å². The molecule has 6 rings (SSSR count). The van der Waals surface area contributed by atoms with Gasteiger partial charge in [0.05, 0.1) is 5.56 Å². The summed E-state index contributed by atoms with van der Waals surface area (Å²) in [5.74, 6) is 0.518. The van der Waals surface area contributed by atoms with Gasteiger partial charge >= 0.3 is 18.0 Å². The molecular formula is C33H35F3N6O4. The van der Waals surface area contributed by atoms with Gasteiger partial charge in [-0.15, -0.1) is 0 Å². The molecule has 0 aliphatic carbocycles. The number of imidazole rings is 1. The Morgan fingerprint density at radius 3 is 2.28 bits per heavy atom. The largest absolute Gasteiger partial charge is 0.490 e. The lowest BCUT2D eigenvalue weighted by Crippen LogP contribution is -2.45. The third-order valence-electron chi connectivity index (χ3n) is 8.37. The predicted octanol–water partition coefficient (Wildman–Crippen LogP) is 6.00. The standard InChI is InChI=1S/C33H35F3N6O4/c1-38(20-24-2-6-26(7-3-24)33(34,35)36)27-8-4-25(5-9-27)21-39-16-18-40(19-17-39)28-10-12-29(13-11-28)45-23-30-14-15-41-22-31(42(43)44)37-32(41)46-30/h2-13,22,30H,14-21,23H2,1H3. The molecule has 10 nitrogen and oxygen atoms in total. The normalized spacial score (nSPS) is 16.9. The summed E-state index contributed by atoms with van der Waals surface area (Å²) in [6, 6.07) is 21.9. The van der Waals surface area contributed by atoms with Crippen LogP contribution in [0.4, 0.5) is 30.4 Å². The van der Waals surface area contributed by atoms with Crippen LogP contribution in [-0.4, -0.2) is 65.3 Å². The molecular weight excluding hydrogens is 601 g/mol. The van der Waals surface area contributed by atoms with Gasteiger partial charge in [-0.2, -0.15) is 13.2 Å². The van der Waals surface area contributed by atoms with Crippen molar-refractivity contribution in [1.82, 2.24) is 14.5 Å². The van der Waals surface area contributed by atoms with Gasteiger partial charge in [0.1, 0.15) is 24.7 Å². The van der Waals surface area contributed by atoms with Gasteiger partial charge in [-0.1, -0.05) is 24.3 Å². The molecule has 3 aromatic carbocycles. The van der Waals surface area contributed by atoms with Gasteiger partial charge in [0, 0.05) is 75.6 Å². The number of ether oxygens (including phenoxy) is 2. The third-order valence-corrected chi connectivity index (χ3v) is 8.37. The maximum Gasteiger partial charge on any atom is 0.416 e. The molecule has 0 amide bonds. The molecule has 0 spiro atoms. The van der Waals surface area contributed by atoms with E-state index in [1.807, 2.05) is 24.1 Å².